The molecular formula is C23H29FN6O. The van der Waals surface area contributed by atoms with Gasteiger partial charge in [0.25, 0.3) is 0 Å². The third-order valence-electron chi connectivity index (χ3n) is 7.98. The van der Waals surface area contributed by atoms with Crippen LogP contribution in [0, 0.1) is 39.4 Å². The highest BCUT2D eigenvalue weighted by Gasteiger charge is 2.67. The van der Waals surface area contributed by atoms with Gasteiger partial charge in [-0.2, -0.15) is 10.5 Å². The third-order valence-corrected chi connectivity index (χ3v) is 7.98. The van der Waals surface area contributed by atoms with Gasteiger partial charge < -0.3 is 15.5 Å². The fraction of sp³-hybridized carbons (Fsp3) is 0.652. The molecule has 5 atom stereocenters. The maximum Gasteiger partial charge on any atom is 0.237 e. The number of likely N-dealkylation sites (tertiary alicyclic amines) is 1. The van der Waals surface area contributed by atoms with Crippen LogP contribution in [-0.4, -0.2) is 53.7 Å². The first-order chi connectivity index (χ1) is 14.8. The number of halogens is 1. The Labute approximate surface area is 182 Å². The minimum Gasteiger partial charge on any atom is -0.369 e. The minimum absolute atomic E-state index is 0.0198. The van der Waals surface area contributed by atoms with Crippen molar-refractivity contribution < 1.29 is 9.18 Å². The summed E-state index contributed by atoms with van der Waals surface area (Å²) < 4.78 is 13.6. The minimum atomic E-state index is -1.11. The number of rotatable bonds is 6. The van der Waals surface area contributed by atoms with Crippen LogP contribution in [0.25, 0.3) is 0 Å². The summed E-state index contributed by atoms with van der Waals surface area (Å²) in [5.74, 6) is 0.862. The standard InChI is InChI=1S/C23H29FN6O/c1-22(2)16(12-29-21-15(10-25)4-3-7-27-21)5-6-23(22)9-19(23)28-13-20(31)30-14-17(24)8-18(30)11-26/h3-4,7,16-19,28H,5-6,8-9,12-14H2,1-2H3,(H,27,29)/t16-,17+,18+,19?,23-/m1/s1. The van der Waals surface area contributed by atoms with E-state index >= 15 is 0 Å². The fourth-order valence-electron chi connectivity index (χ4n) is 5.79. The number of nitrogens with one attached hydrogen (secondary N) is 2. The molecular weight excluding hydrogens is 395 g/mol. The maximum absolute atomic E-state index is 13.6. The molecule has 2 N–H and O–H groups in total. The van der Waals surface area contributed by atoms with Gasteiger partial charge in [-0.3, -0.25) is 4.79 Å². The van der Waals surface area contributed by atoms with E-state index < -0.39 is 12.2 Å². The molecule has 1 spiro atoms. The molecule has 31 heavy (non-hydrogen) atoms. The van der Waals surface area contributed by atoms with E-state index in [1.807, 2.05) is 6.07 Å². The van der Waals surface area contributed by atoms with Crippen LogP contribution in [-0.2, 0) is 4.79 Å². The number of nitrogens with zero attached hydrogens (tertiary/aromatic N) is 4. The summed E-state index contributed by atoms with van der Waals surface area (Å²) >= 11 is 0. The summed E-state index contributed by atoms with van der Waals surface area (Å²) in [4.78, 5) is 18.2. The molecule has 2 saturated carbocycles. The molecule has 1 saturated heterocycles. The Morgan fingerprint density at radius 3 is 2.97 bits per heavy atom. The number of hydrogen-bond acceptors (Lipinski definition) is 6. The van der Waals surface area contributed by atoms with Crippen LogP contribution in [0.3, 0.4) is 0 Å². The Bertz CT molecular complexity index is 937. The van der Waals surface area contributed by atoms with Gasteiger partial charge in [-0.1, -0.05) is 13.8 Å². The lowest BCUT2D eigenvalue weighted by Gasteiger charge is -2.35. The second-order valence-corrected chi connectivity index (χ2v) is 9.67. The van der Waals surface area contributed by atoms with E-state index in [4.69, 9.17) is 5.26 Å². The van der Waals surface area contributed by atoms with Crippen molar-refractivity contribution in [1.29, 1.82) is 10.5 Å². The summed E-state index contributed by atoms with van der Waals surface area (Å²) in [6.07, 6.45) is 3.87. The van der Waals surface area contributed by atoms with E-state index in [9.17, 15) is 14.4 Å². The van der Waals surface area contributed by atoms with Gasteiger partial charge in [0.2, 0.25) is 5.91 Å². The monoisotopic (exact) mass is 424 g/mol. The summed E-state index contributed by atoms with van der Waals surface area (Å²) in [6, 6.07) is 7.33. The van der Waals surface area contributed by atoms with Crippen molar-refractivity contribution in [1.82, 2.24) is 15.2 Å². The topological polar surface area (TPSA) is 105 Å². The Hall–Kier alpha value is -2.71. The van der Waals surface area contributed by atoms with Gasteiger partial charge >= 0.3 is 0 Å². The summed E-state index contributed by atoms with van der Waals surface area (Å²) in [5, 5.41) is 25.2. The van der Waals surface area contributed by atoms with Crippen molar-refractivity contribution >= 4 is 11.7 Å². The molecule has 0 aromatic carbocycles. The van der Waals surface area contributed by atoms with Crippen LogP contribution >= 0.6 is 0 Å². The largest absolute Gasteiger partial charge is 0.369 e. The molecule has 4 rings (SSSR count). The van der Waals surface area contributed by atoms with Crippen LogP contribution in [0.1, 0.15) is 45.1 Å². The van der Waals surface area contributed by atoms with Crippen molar-refractivity contribution in [3.8, 4) is 12.1 Å². The molecule has 7 nitrogen and oxygen atoms in total. The fourth-order valence-corrected chi connectivity index (χ4v) is 5.79. The first-order valence-corrected chi connectivity index (χ1v) is 11.0. The van der Waals surface area contributed by atoms with Gasteiger partial charge in [-0.15, -0.1) is 0 Å². The number of pyridine rings is 1. The van der Waals surface area contributed by atoms with E-state index in [2.05, 4.69) is 35.5 Å². The smallest absolute Gasteiger partial charge is 0.237 e. The molecule has 3 fully saturated rings. The Morgan fingerprint density at radius 1 is 1.42 bits per heavy atom. The van der Waals surface area contributed by atoms with E-state index in [1.54, 1.807) is 18.3 Å². The first kappa shape index (κ1) is 21.5. The second kappa shape index (κ2) is 8.09. The Kier molecular flexibility index (Phi) is 5.61. The number of aromatic nitrogens is 1. The molecule has 2 heterocycles. The zero-order valence-electron chi connectivity index (χ0n) is 18.1. The Morgan fingerprint density at radius 2 is 2.23 bits per heavy atom. The zero-order valence-corrected chi connectivity index (χ0v) is 18.1. The van der Waals surface area contributed by atoms with E-state index in [-0.39, 0.29) is 42.3 Å². The van der Waals surface area contributed by atoms with Gasteiger partial charge in [-0.05, 0) is 48.1 Å². The number of anilines is 1. The average molecular weight is 425 g/mol. The predicted molar refractivity (Wildman–Crippen MR) is 113 cm³/mol. The zero-order chi connectivity index (χ0) is 22.2. The second-order valence-electron chi connectivity index (χ2n) is 9.67. The molecule has 2 aliphatic carbocycles. The van der Waals surface area contributed by atoms with Crippen molar-refractivity contribution in [3.63, 3.8) is 0 Å². The highest BCUT2D eigenvalue weighted by atomic mass is 19.1. The van der Waals surface area contributed by atoms with Crippen molar-refractivity contribution in [3.05, 3.63) is 23.9 Å². The normalized spacial score (nSPS) is 33.1. The van der Waals surface area contributed by atoms with Gasteiger partial charge in [0, 0.05) is 25.2 Å². The number of nitriles is 2. The third kappa shape index (κ3) is 3.74. The SMILES string of the molecule is CC1(C)[C@@H](CNc2ncccc2C#N)CC[C@]12CC2NCC(=O)N1C[C@@H](F)C[C@H]1C#N. The van der Waals surface area contributed by atoms with Gasteiger partial charge in [0.1, 0.15) is 24.1 Å². The number of carbonyl (C=O) groups is 1. The molecule has 164 valence electrons. The summed E-state index contributed by atoms with van der Waals surface area (Å²) in [7, 11) is 0. The van der Waals surface area contributed by atoms with Gasteiger partial charge in [0.05, 0.1) is 24.7 Å². The molecule has 1 unspecified atom stereocenters. The molecule has 3 aliphatic rings. The molecule has 0 bridgehead atoms. The summed E-state index contributed by atoms with van der Waals surface area (Å²) in [5.41, 5.74) is 0.754. The predicted octanol–water partition coefficient (Wildman–Crippen LogP) is 2.61. The lowest BCUT2D eigenvalue weighted by molar-refractivity contribution is -0.130. The molecule has 1 amide bonds. The molecule has 1 aliphatic heterocycles. The highest BCUT2D eigenvalue weighted by Crippen LogP contribution is 2.69. The highest BCUT2D eigenvalue weighted by molar-refractivity contribution is 5.79. The maximum atomic E-state index is 13.6. The van der Waals surface area contributed by atoms with E-state index in [1.165, 1.54) is 4.90 Å². The van der Waals surface area contributed by atoms with Crippen LogP contribution < -0.4 is 10.6 Å². The average Bonchev–Trinajstić information content (AvgIpc) is 3.27. The van der Waals surface area contributed by atoms with Crippen LogP contribution in [0.15, 0.2) is 18.3 Å². The van der Waals surface area contributed by atoms with Crippen molar-refractivity contribution in [2.24, 2.45) is 16.7 Å². The number of alkyl halides is 1. The van der Waals surface area contributed by atoms with Gasteiger partial charge in [0.15, 0.2) is 0 Å². The number of amides is 1. The number of carbonyl (C=O) groups excluding carboxylic acids is 1. The lowest BCUT2D eigenvalue weighted by atomic mass is 9.72. The molecule has 1 aromatic heterocycles. The molecule has 1 aromatic rings. The number of hydrogen-bond donors (Lipinski definition) is 2. The lowest BCUT2D eigenvalue weighted by Crippen LogP contribution is -2.43. The van der Waals surface area contributed by atoms with E-state index in [0.29, 0.717) is 17.3 Å². The first-order valence-electron chi connectivity index (χ1n) is 11.0. The molecule has 8 heteroatoms. The van der Waals surface area contributed by atoms with Crippen LogP contribution in [0.5, 0.6) is 0 Å². The van der Waals surface area contributed by atoms with E-state index in [0.717, 1.165) is 25.8 Å². The quantitative estimate of drug-likeness (QED) is 0.727. The Balaban J connectivity index is 1.32. The van der Waals surface area contributed by atoms with Crippen molar-refractivity contribution in [2.75, 3.05) is 25.0 Å². The van der Waals surface area contributed by atoms with Crippen molar-refractivity contribution in [2.45, 2.75) is 57.8 Å². The molecule has 0 radical (unpaired) electrons. The summed E-state index contributed by atoms with van der Waals surface area (Å²) in [6.45, 7) is 5.50. The van der Waals surface area contributed by atoms with Gasteiger partial charge in [-0.25, -0.2) is 9.37 Å². The van der Waals surface area contributed by atoms with Crippen LogP contribution in [0.4, 0.5) is 10.2 Å². The van der Waals surface area contributed by atoms with Crippen LogP contribution in [0.2, 0.25) is 0 Å².